The second-order valence-electron chi connectivity index (χ2n) is 4.77. The lowest BCUT2D eigenvalue weighted by Crippen LogP contribution is -2.14. The fourth-order valence-electron chi connectivity index (χ4n) is 1.90. The van der Waals surface area contributed by atoms with E-state index < -0.39 is 4.92 Å². The van der Waals surface area contributed by atoms with Gasteiger partial charge in [-0.1, -0.05) is 6.07 Å². The van der Waals surface area contributed by atoms with Crippen LogP contribution in [0.25, 0.3) is 0 Å². The van der Waals surface area contributed by atoms with Crippen molar-refractivity contribution in [3.8, 4) is 5.75 Å². The number of nitrogens with zero attached hydrogens (tertiary/aromatic N) is 1. The number of carbonyl (C=O) groups is 1. The van der Waals surface area contributed by atoms with Crippen LogP contribution in [0.2, 0.25) is 0 Å². The number of benzene rings is 2. The molecule has 0 radical (unpaired) electrons. The van der Waals surface area contributed by atoms with Crippen molar-refractivity contribution in [3.63, 3.8) is 0 Å². The van der Waals surface area contributed by atoms with Crippen molar-refractivity contribution in [1.29, 1.82) is 0 Å². The van der Waals surface area contributed by atoms with Crippen LogP contribution in [-0.2, 0) is 4.79 Å². The van der Waals surface area contributed by atoms with Crippen LogP contribution in [0.3, 0.4) is 0 Å². The quantitative estimate of drug-likeness (QED) is 0.496. The summed E-state index contributed by atoms with van der Waals surface area (Å²) in [6.07, 6.45) is 0. The SMILES string of the molecule is COc1ccc(SCC(=O)Nc2ccc(C)c([N+](=O)[O-])c2)cc1. The number of anilines is 1. The van der Waals surface area contributed by atoms with Gasteiger partial charge in [0.2, 0.25) is 5.91 Å². The molecule has 2 rings (SSSR count). The molecule has 23 heavy (non-hydrogen) atoms. The van der Waals surface area contributed by atoms with Crippen LogP contribution in [0, 0.1) is 17.0 Å². The van der Waals surface area contributed by atoms with E-state index in [9.17, 15) is 14.9 Å². The van der Waals surface area contributed by atoms with E-state index in [2.05, 4.69) is 5.32 Å². The van der Waals surface area contributed by atoms with E-state index in [4.69, 9.17) is 4.74 Å². The topological polar surface area (TPSA) is 81.5 Å². The molecule has 6 nitrogen and oxygen atoms in total. The van der Waals surface area contributed by atoms with E-state index in [1.807, 2.05) is 24.3 Å². The lowest BCUT2D eigenvalue weighted by Gasteiger charge is -2.06. The standard InChI is InChI=1S/C16H16N2O4S/c1-11-3-4-12(9-15(11)18(20)21)17-16(19)10-23-14-7-5-13(22-2)6-8-14/h3-9H,10H2,1-2H3,(H,17,19). The fraction of sp³-hybridized carbons (Fsp3) is 0.188. The second-order valence-corrected chi connectivity index (χ2v) is 5.82. The molecule has 2 aromatic rings. The van der Waals surface area contributed by atoms with Gasteiger partial charge >= 0.3 is 0 Å². The van der Waals surface area contributed by atoms with E-state index in [1.54, 1.807) is 26.2 Å². The molecule has 0 fully saturated rings. The fourth-order valence-corrected chi connectivity index (χ4v) is 2.60. The number of nitro benzene ring substituents is 1. The van der Waals surface area contributed by atoms with Gasteiger partial charge in [-0.3, -0.25) is 14.9 Å². The van der Waals surface area contributed by atoms with Gasteiger partial charge in [0.15, 0.2) is 0 Å². The highest BCUT2D eigenvalue weighted by molar-refractivity contribution is 8.00. The van der Waals surface area contributed by atoms with E-state index >= 15 is 0 Å². The maximum atomic E-state index is 11.9. The lowest BCUT2D eigenvalue weighted by atomic mass is 10.2. The van der Waals surface area contributed by atoms with E-state index in [1.165, 1.54) is 17.8 Å². The first-order chi connectivity index (χ1) is 11.0. The van der Waals surface area contributed by atoms with Crippen LogP contribution in [0.15, 0.2) is 47.4 Å². The van der Waals surface area contributed by atoms with E-state index in [0.717, 1.165) is 10.6 Å². The number of nitrogens with one attached hydrogen (secondary N) is 1. The van der Waals surface area contributed by atoms with Gasteiger partial charge in [-0.15, -0.1) is 11.8 Å². The monoisotopic (exact) mass is 332 g/mol. The number of hydrogen-bond donors (Lipinski definition) is 1. The van der Waals surface area contributed by atoms with Crippen molar-refractivity contribution in [2.45, 2.75) is 11.8 Å². The minimum Gasteiger partial charge on any atom is -0.497 e. The molecule has 0 aromatic heterocycles. The highest BCUT2D eigenvalue weighted by Gasteiger charge is 2.12. The average Bonchev–Trinajstić information content (AvgIpc) is 2.55. The minimum absolute atomic E-state index is 0.00870. The largest absolute Gasteiger partial charge is 0.497 e. The summed E-state index contributed by atoms with van der Waals surface area (Å²) in [5, 5.41) is 13.6. The Hall–Kier alpha value is -2.54. The summed E-state index contributed by atoms with van der Waals surface area (Å²) in [6, 6.07) is 12.0. The Kier molecular flexibility index (Phi) is 5.59. The van der Waals surface area contributed by atoms with Crippen LogP contribution < -0.4 is 10.1 Å². The Morgan fingerprint density at radius 1 is 1.26 bits per heavy atom. The molecule has 0 spiro atoms. The third-order valence-electron chi connectivity index (χ3n) is 3.12. The number of amides is 1. The predicted octanol–water partition coefficient (Wildman–Crippen LogP) is 3.64. The van der Waals surface area contributed by atoms with Crippen molar-refractivity contribution in [1.82, 2.24) is 0 Å². The maximum absolute atomic E-state index is 11.9. The molecular weight excluding hydrogens is 316 g/mol. The molecule has 0 saturated heterocycles. The van der Waals surface area contributed by atoms with Gasteiger partial charge in [0.1, 0.15) is 5.75 Å². The molecule has 0 aliphatic heterocycles. The molecule has 0 heterocycles. The lowest BCUT2D eigenvalue weighted by molar-refractivity contribution is -0.385. The minimum atomic E-state index is -0.461. The summed E-state index contributed by atoms with van der Waals surface area (Å²) in [4.78, 5) is 23.3. The Morgan fingerprint density at radius 3 is 2.57 bits per heavy atom. The third-order valence-corrected chi connectivity index (χ3v) is 4.13. The number of methoxy groups -OCH3 is 1. The summed E-state index contributed by atoms with van der Waals surface area (Å²) < 4.78 is 5.07. The molecule has 0 aliphatic rings. The number of hydrogen-bond acceptors (Lipinski definition) is 5. The van der Waals surface area contributed by atoms with E-state index in [0.29, 0.717) is 11.3 Å². The first-order valence-corrected chi connectivity index (χ1v) is 7.80. The number of aryl methyl sites for hydroxylation is 1. The summed E-state index contributed by atoms with van der Waals surface area (Å²) in [5.74, 6) is 0.753. The third kappa shape index (κ3) is 4.72. The highest BCUT2D eigenvalue weighted by Crippen LogP contribution is 2.24. The zero-order valence-electron chi connectivity index (χ0n) is 12.7. The van der Waals surface area contributed by atoms with Gasteiger partial charge in [-0.05, 0) is 37.3 Å². The highest BCUT2D eigenvalue weighted by atomic mass is 32.2. The molecule has 7 heteroatoms. The first kappa shape index (κ1) is 16.8. The normalized spacial score (nSPS) is 10.2. The summed E-state index contributed by atoms with van der Waals surface area (Å²) in [5.41, 5.74) is 0.967. The Labute approximate surface area is 138 Å². The van der Waals surface area contributed by atoms with Crippen molar-refractivity contribution in [2.75, 3.05) is 18.2 Å². The molecule has 0 unspecified atom stereocenters. The molecule has 0 bridgehead atoms. The van der Waals surface area contributed by atoms with Gasteiger partial charge in [0.25, 0.3) is 5.69 Å². The van der Waals surface area contributed by atoms with E-state index in [-0.39, 0.29) is 17.3 Å². The zero-order chi connectivity index (χ0) is 16.8. The molecular formula is C16H16N2O4S. The van der Waals surface area contributed by atoms with Crippen molar-refractivity contribution >= 4 is 29.0 Å². The number of ether oxygens (including phenoxy) is 1. The van der Waals surface area contributed by atoms with Gasteiger partial charge < -0.3 is 10.1 Å². The molecule has 120 valence electrons. The summed E-state index contributed by atoms with van der Waals surface area (Å²) in [6.45, 7) is 1.66. The molecule has 0 aliphatic carbocycles. The van der Waals surface area contributed by atoms with Crippen LogP contribution in [0.5, 0.6) is 5.75 Å². The molecule has 0 atom stereocenters. The zero-order valence-corrected chi connectivity index (χ0v) is 13.6. The number of nitro groups is 1. The Bertz CT molecular complexity index is 717. The molecule has 1 N–H and O–H groups in total. The summed E-state index contributed by atoms with van der Waals surface area (Å²) >= 11 is 1.38. The van der Waals surface area contributed by atoms with Gasteiger partial charge in [0.05, 0.1) is 17.8 Å². The second kappa shape index (κ2) is 7.64. The maximum Gasteiger partial charge on any atom is 0.274 e. The Morgan fingerprint density at radius 2 is 1.96 bits per heavy atom. The number of rotatable bonds is 6. The van der Waals surface area contributed by atoms with Crippen LogP contribution in [-0.4, -0.2) is 23.7 Å². The molecule has 2 aromatic carbocycles. The number of thioether (sulfide) groups is 1. The molecule has 1 amide bonds. The van der Waals surface area contributed by atoms with Gasteiger partial charge in [-0.2, -0.15) is 0 Å². The number of carbonyl (C=O) groups excluding carboxylic acids is 1. The van der Waals surface area contributed by atoms with Gasteiger partial charge in [0, 0.05) is 22.2 Å². The first-order valence-electron chi connectivity index (χ1n) is 6.81. The van der Waals surface area contributed by atoms with Crippen LogP contribution >= 0.6 is 11.8 Å². The molecule has 0 saturated carbocycles. The van der Waals surface area contributed by atoms with Crippen LogP contribution in [0.1, 0.15) is 5.56 Å². The Balaban J connectivity index is 1.94. The van der Waals surface area contributed by atoms with Crippen molar-refractivity contribution in [2.24, 2.45) is 0 Å². The smallest absolute Gasteiger partial charge is 0.274 e. The van der Waals surface area contributed by atoms with Crippen molar-refractivity contribution in [3.05, 3.63) is 58.1 Å². The van der Waals surface area contributed by atoms with Crippen molar-refractivity contribution < 1.29 is 14.5 Å². The van der Waals surface area contributed by atoms with Crippen LogP contribution in [0.4, 0.5) is 11.4 Å². The predicted molar refractivity (Wildman–Crippen MR) is 90.2 cm³/mol. The summed E-state index contributed by atoms with van der Waals surface area (Å²) in [7, 11) is 1.59. The van der Waals surface area contributed by atoms with Gasteiger partial charge in [-0.25, -0.2) is 0 Å². The average molecular weight is 332 g/mol.